The number of methoxy groups -OCH3 is 1. The first-order chi connectivity index (χ1) is 9.84. The first-order valence-electron chi connectivity index (χ1n) is 7.56. The summed E-state index contributed by atoms with van der Waals surface area (Å²) < 4.78 is 11.0. The van der Waals surface area contributed by atoms with E-state index >= 15 is 0 Å². The highest BCUT2D eigenvalue weighted by atomic mass is 16.5. The van der Waals surface area contributed by atoms with Crippen LogP contribution in [0, 0.1) is 5.41 Å². The highest BCUT2D eigenvalue weighted by molar-refractivity contribution is 5.32. The predicted octanol–water partition coefficient (Wildman–Crippen LogP) is 2.56. The molecule has 1 aromatic carbocycles. The molecule has 4 heteroatoms. The second kappa shape index (κ2) is 6.24. The van der Waals surface area contributed by atoms with Crippen LogP contribution in [0.1, 0.15) is 27.2 Å². The predicted molar refractivity (Wildman–Crippen MR) is 84.0 cm³/mol. The molecule has 1 aliphatic rings. The van der Waals surface area contributed by atoms with Gasteiger partial charge in [-0.2, -0.15) is 0 Å². The molecule has 1 aliphatic heterocycles. The average molecular weight is 293 g/mol. The molecule has 0 unspecified atom stereocenters. The minimum atomic E-state index is -0.586. The SMILES string of the molecule is COc1cccc(OCCN2CC[C@@](C)(O)C(C)(C)C2)c1. The molecule has 0 spiro atoms. The maximum Gasteiger partial charge on any atom is 0.123 e. The largest absolute Gasteiger partial charge is 0.497 e. The molecule has 0 aromatic heterocycles. The third kappa shape index (κ3) is 3.89. The minimum absolute atomic E-state index is 0.0960. The molecular formula is C17H27NO3. The van der Waals surface area contributed by atoms with Gasteiger partial charge in [-0.3, -0.25) is 4.90 Å². The van der Waals surface area contributed by atoms with Gasteiger partial charge in [0.05, 0.1) is 12.7 Å². The molecule has 1 heterocycles. The van der Waals surface area contributed by atoms with E-state index in [4.69, 9.17) is 9.47 Å². The van der Waals surface area contributed by atoms with E-state index in [0.29, 0.717) is 6.61 Å². The van der Waals surface area contributed by atoms with Crippen molar-refractivity contribution in [2.75, 3.05) is 33.4 Å². The van der Waals surface area contributed by atoms with Crippen LogP contribution < -0.4 is 9.47 Å². The van der Waals surface area contributed by atoms with Crippen molar-refractivity contribution in [3.05, 3.63) is 24.3 Å². The number of rotatable bonds is 5. The summed E-state index contributed by atoms with van der Waals surface area (Å²) in [4.78, 5) is 2.36. The van der Waals surface area contributed by atoms with Gasteiger partial charge in [0, 0.05) is 31.1 Å². The summed E-state index contributed by atoms with van der Waals surface area (Å²) in [6.07, 6.45) is 0.805. The van der Waals surface area contributed by atoms with E-state index in [-0.39, 0.29) is 5.41 Å². The van der Waals surface area contributed by atoms with Crippen molar-refractivity contribution in [2.45, 2.75) is 32.8 Å². The van der Waals surface area contributed by atoms with E-state index in [1.165, 1.54) is 0 Å². The van der Waals surface area contributed by atoms with Gasteiger partial charge in [-0.1, -0.05) is 19.9 Å². The molecule has 1 fully saturated rings. The molecule has 2 rings (SSSR count). The van der Waals surface area contributed by atoms with E-state index in [1.54, 1.807) is 7.11 Å². The molecule has 0 radical (unpaired) electrons. The molecule has 118 valence electrons. The van der Waals surface area contributed by atoms with Crippen LogP contribution >= 0.6 is 0 Å². The zero-order valence-electron chi connectivity index (χ0n) is 13.6. The number of hydrogen-bond donors (Lipinski definition) is 1. The number of hydrogen-bond acceptors (Lipinski definition) is 4. The molecule has 0 aliphatic carbocycles. The Bertz CT molecular complexity index is 471. The molecule has 4 nitrogen and oxygen atoms in total. The highest BCUT2D eigenvalue weighted by Gasteiger charge is 2.43. The molecule has 1 atom stereocenters. The molecule has 1 N–H and O–H groups in total. The van der Waals surface area contributed by atoms with Crippen LogP contribution in [0.15, 0.2) is 24.3 Å². The fourth-order valence-electron chi connectivity index (χ4n) is 2.70. The lowest BCUT2D eigenvalue weighted by Gasteiger charge is -2.48. The van der Waals surface area contributed by atoms with Gasteiger partial charge in [0.1, 0.15) is 18.1 Å². The molecule has 0 bridgehead atoms. The Kier molecular flexibility index (Phi) is 4.79. The smallest absolute Gasteiger partial charge is 0.123 e. The van der Waals surface area contributed by atoms with Crippen molar-refractivity contribution in [1.82, 2.24) is 4.90 Å². The molecular weight excluding hydrogens is 266 g/mol. The van der Waals surface area contributed by atoms with Crippen molar-refractivity contribution in [3.63, 3.8) is 0 Å². The van der Waals surface area contributed by atoms with E-state index in [1.807, 2.05) is 31.2 Å². The van der Waals surface area contributed by atoms with Gasteiger partial charge in [0.2, 0.25) is 0 Å². The van der Waals surface area contributed by atoms with E-state index < -0.39 is 5.60 Å². The van der Waals surface area contributed by atoms with Gasteiger partial charge in [-0.25, -0.2) is 0 Å². The van der Waals surface area contributed by atoms with E-state index in [2.05, 4.69) is 18.7 Å². The second-order valence-corrected chi connectivity index (χ2v) is 6.71. The van der Waals surface area contributed by atoms with Gasteiger partial charge in [0.15, 0.2) is 0 Å². The Labute approximate surface area is 127 Å². The van der Waals surface area contributed by atoms with Crippen molar-refractivity contribution >= 4 is 0 Å². The number of piperidine rings is 1. The normalized spacial score (nSPS) is 25.6. The quantitative estimate of drug-likeness (QED) is 0.906. The average Bonchev–Trinajstić information content (AvgIpc) is 2.43. The Morgan fingerprint density at radius 3 is 2.62 bits per heavy atom. The topological polar surface area (TPSA) is 41.9 Å². The zero-order chi connectivity index (χ0) is 15.5. The van der Waals surface area contributed by atoms with Crippen LogP contribution in [0.25, 0.3) is 0 Å². The van der Waals surface area contributed by atoms with Gasteiger partial charge in [-0.05, 0) is 25.5 Å². The maximum absolute atomic E-state index is 10.4. The lowest BCUT2D eigenvalue weighted by molar-refractivity contribution is -0.106. The summed E-state index contributed by atoms with van der Waals surface area (Å²) >= 11 is 0. The minimum Gasteiger partial charge on any atom is -0.497 e. The zero-order valence-corrected chi connectivity index (χ0v) is 13.6. The van der Waals surface area contributed by atoms with E-state index in [0.717, 1.165) is 37.6 Å². The Balaban J connectivity index is 1.81. The van der Waals surface area contributed by atoms with Gasteiger partial charge in [0.25, 0.3) is 0 Å². The summed E-state index contributed by atoms with van der Waals surface area (Å²) in [5, 5.41) is 10.4. The number of nitrogens with zero attached hydrogens (tertiary/aromatic N) is 1. The van der Waals surface area contributed by atoms with Crippen LogP contribution in [0.4, 0.5) is 0 Å². The Morgan fingerprint density at radius 1 is 1.24 bits per heavy atom. The number of aliphatic hydroxyl groups is 1. The fraction of sp³-hybridized carbons (Fsp3) is 0.647. The monoisotopic (exact) mass is 293 g/mol. The summed E-state index contributed by atoms with van der Waals surface area (Å²) in [6.45, 7) is 9.52. The molecule has 0 saturated carbocycles. The summed E-state index contributed by atoms with van der Waals surface area (Å²) in [5.74, 6) is 1.64. The lowest BCUT2D eigenvalue weighted by atomic mass is 9.71. The Hall–Kier alpha value is -1.26. The third-order valence-corrected chi connectivity index (χ3v) is 4.71. The standard InChI is InChI=1S/C17H27NO3/c1-16(2)13-18(9-8-17(16,3)19)10-11-21-15-7-5-6-14(12-15)20-4/h5-7,12,19H,8-11,13H2,1-4H3/t17-/m1/s1. The van der Waals surface area contributed by atoms with E-state index in [9.17, 15) is 5.11 Å². The number of benzene rings is 1. The van der Waals surface area contributed by atoms with Crippen LogP contribution in [-0.2, 0) is 0 Å². The first kappa shape index (κ1) is 16.1. The van der Waals surface area contributed by atoms with Crippen molar-refractivity contribution in [3.8, 4) is 11.5 Å². The van der Waals surface area contributed by atoms with Crippen molar-refractivity contribution < 1.29 is 14.6 Å². The highest BCUT2D eigenvalue weighted by Crippen LogP contribution is 2.37. The molecule has 0 amide bonds. The van der Waals surface area contributed by atoms with Gasteiger partial charge in [-0.15, -0.1) is 0 Å². The third-order valence-electron chi connectivity index (χ3n) is 4.71. The molecule has 1 saturated heterocycles. The van der Waals surface area contributed by atoms with Gasteiger partial charge < -0.3 is 14.6 Å². The Morgan fingerprint density at radius 2 is 1.95 bits per heavy atom. The number of likely N-dealkylation sites (tertiary alicyclic amines) is 1. The number of ether oxygens (including phenoxy) is 2. The first-order valence-corrected chi connectivity index (χ1v) is 7.56. The van der Waals surface area contributed by atoms with Crippen LogP contribution in [0.5, 0.6) is 11.5 Å². The van der Waals surface area contributed by atoms with Gasteiger partial charge >= 0.3 is 0 Å². The summed E-state index contributed by atoms with van der Waals surface area (Å²) in [6, 6.07) is 7.66. The molecule has 1 aromatic rings. The van der Waals surface area contributed by atoms with Crippen LogP contribution in [0.3, 0.4) is 0 Å². The summed E-state index contributed by atoms with van der Waals surface area (Å²) in [7, 11) is 1.65. The second-order valence-electron chi connectivity index (χ2n) is 6.71. The maximum atomic E-state index is 10.4. The van der Waals surface area contributed by atoms with Crippen molar-refractivity contribution in [2.24, 2.45) is 5.41 Å². The van der Waals surface area contributed by atoms with Crippen LogP contribution in [-0.4, -0.2) is 49.0 Å². The van der Waals surface area contributed by atoms with Crippen molar-refractivity contribution in [1.29, 1.82) is 0 Å². The summed E-state index contributed by atoms with van der Waals surface area (Å²) in [5.41, 5.74) is -0.682. The lowest BCUT2D eigenvalue weighted by Crippen LogP contribution is -2.56. The fourth-order valence-corrected chi connectivity index (χ4v) is 2.70. The van der Waals surface area contributed by atoms with Crippen LogP contribution in [0.2, 0.25) is 0 Å². The molecule has 21 heavy (non-hydrogen) atoms.